The van der Waals surface area contributed by atoms with E-state index in [0.29, 0.717) is 0 Å². The van der Waals surface area contributed by atoms with Crippen molar-refractivity contribution < 1.29 is 0 Å². The van der Waals surface area contributed by atoms with E-state index in [0.717, 1.165) is 48.1 Å². The van der Waals surface area contributed by atoms with E-state index < -0.39 is 0 Å². The molecule has 0 amide bonds. The molecule has 144 valence electrons. The van der Waals surface area contributed by atoms with Crippen LogP contribution < -0.4 is 5.32 Å². The van der Waals surface area contributed by atoms with Crippen LogP contribution in [0.15, 0.2) is 35.7 Å². The van der Waals surface area contributed by atoms with Gasteiger partial charge in [0.15, 0.2) is 5.82 Å². The zero-order chi connectivity index (χ0) is 19.1. The van der Waals surface area contributed by atoms with Gasteiger partial charge in [-0.05, 0) is 75.2 Å². The number of pyridine rings is 1. The Morgan fingerprint density at radius 2 is 1.93 bits per heavy atom. The van der Waals surface area contributed by atoms with Crippen molar-refractivity contribution in [3.63, 3.8) is 0 Å². The Bertz CT molecular complexity index is 1130. The van der Waals surface area contributed by atoms with Crippen LogP contribution in [0.4, 0.5) is 0 Å². The van der Waals surface area contributed by atoms with E-state index in [2.05, 4.69) is 59.4 Å². The van der Waals surface area contributed by atoms with Crippen LogP contribution in [0.5, 0.6) is 0 Å². The number of piperidine rings is 1. The summed E-state index contributed by atoms with van der Waals surface area (Å²) in [7, 11) is 0. The predicted molar refractivity (Wildman–Crippen MR) is 118 cm³/mol. The number of nitrogens with one attached hydrogen (secondary N) is 1. The van der Waals surface area contributed by atoms with E-state index in [4.69, 9.17) is 9.97 Å². The molecule has 1 fully saturated rings. The lowest BCUT2D eigenvalue weighted by molar-refractivity contribution is 0.340. The van der Waals surface area contributed by atoms with Gasteiger partial charge < -0.3 is 9.88 Å². The van der Waals surface area contributed by atoms with Gasteiger partial charge in [-0.1, -0.05) is 18.2 Å². The lowest BCUT2D eigenvalue weighted by atomic mass is 9.94. The molecule has 1 aliphatic heterocycles. The minimum absolute atomic E-state index is 0.796. The fourth-order valence-corrected chi connectivity index (χ4v) is 5.38. The highest BCUT2D eigenvalue weighted by molar-refractivity contribution is 7.13. The molecule has 5 heteroatoms. The third kappa shape index (κ3) is 3.03. The maximum absolute atomic E-state index is 5.13. The lowest BCUT2D eigenvalue weighted by Crippen LogP contribution is -2.28. The minimum atomic E-state index is 0.796. The highest BCUT2D eigenvalue weighted by Gasteiger charge is 2.21. The van der Waals surface area contributed by atoms with Crippen LogP contribution in [0.1, 0.15) is 30.5 Å². The molecule has 3 aromatic heterocycles. The number of thiophene rings is 1. The second-order valence-electron chi connectivity index (χ2n) is 7.91. The molecule has 4 heterocycles. The van der Waals surface area contributed by atoms with Crippen molar-refractivity contribution in [3.8, 4) is 10.7 Å². The van der Waals surface area contributed by atoms with Crippen molar-refractivity contribution in [2.24, 2.45) is 5.92 Å². The average Bonchev–Trinajstić information content (AvgIpc) is 3.31. The highest BCUT2D eigenvalue weighted by atomic mass is 32.1. The molecule has 1 aromatic carbocycles. The number of fused-ring (bicyclic) bond motifs is 3. The summed E-state index contributed by atoms with van der Waals surface area (Å²) in [6.45, 7) is 7.59. The van der Waals surface area contributed by atoms with Crippen LogP contribution in [0.3, 0.4) is 0 Å². The standard InChI is InChI=1S/C23H26N4S/c1-15-10-14-28-22(15)23-26-20-16(2)25-19-6-4-3-5-18(19)21(20)27(23)13-9-17-7-11-24-12-8-17/h3-6,10,14,17,24H,7-9,11-13H2,1-2H3. The number of aromatic nitrogens is 3. The van der Waals surface area contributed by atoms with Gasteiger partial charge in [-0.25, -0.2) is 4.98 Å². The van der Waals surface area contributed by atoms with Crippen LogP contribution in [-0.2, 0) is 6.54 Å². The van der Waals surface area contributed by atoms with Gasteiger partial charge in [0.25, 0.3) is 0 Å². The molecular weight excluding hydrogens is 364 g/mol. The monoisotopic (exact) mass is 390 g/mol. The van der Waals surface area contributed by atoms with Crippen molar-refractivity contribution in [2.45, 2.75) is 39.7 Å². The largest absolute Gasteiger partial charge is 0.323 e. The van der Waals surface area contributed by atoms with Crippen LogP contribution in [0.2, 0.25) is 0 Å². The van der Waals surface area contributed by atoms with Crippen LogP contribution in [0.25, 0.3) is 32.6 Å². The first-order valence-electron chi connectivity index (χ1n) is 10.2. The average molecular weight is 391 g/mol. The molecule has 0 saturated carbocycles. The summed E-state index contributed by atoms with van der Waals surface area (Å²) in [6, 6.07) is 10.7. The predicted octanol–water partition coefficient (Wildman–Crippen LogP) is 5.32. The number of nitrogens with zero attached hydrogens (tertiary/aromatic N) is 3. The van der Waals surface area contributed by atoms with E-state index in [-0.39, 0.29) is 0 Å². The van der Waals surface area contributed by atoms with Crippen molar-refractivity contribution >= 4 is 33.3 Å². The molecule has 28 heavy (non-hydrogen) atoms. The Hall–Kier alpha value is -2.24. The summed E-state index contributed by atoms with van der Waals surface area (Å²) >= 11 is 1.79. The van der Waals surface area contributed by atoms with Crippen molar-refractivity contribution in [2.75, 3.05) is 13.1 Å². The Morgan fingerprint density at radius 3 is 2.71 bits per heavy atom. The molecule has 1 saturated heterocycles. The van der Waals surface area contributed by atoms with Crippen molar-refractivity contribution in [1.29, 1.82) is 0 Å². The molecule has 0 aliphatic carbocycles. The van der Waals surface area contributed by atoms with Gasteiger partial charge in [-0.15, -0.1) is 11.3 Å². The minimum Gasteiger partial charge on any atom is -0.323 e. The molecule has 4 nitrogen and oxygen atoms in total. The number of imidazole rings is 1. The normalized spacial score (nSPS) is 15.6. The number of hydrogen-bond donors (Lipinski definition) is 1. The summed E-state index contributed by atoms with van der Waals surface area (Å²) in [4.78, 5) is 11.2. The maximum Gasteiger partial charge on any atom is 0.151 e. The van der Waals surface area contributed by atoms with Crippen molar-refractivity contribution in [1.82, 2.24) is 19.9 Å². The third-order valence-corrected chi connectivity index (χ3v) is 7.05. The summed E-state index contributed by atoms with van der Waals surface area (Å²) in [5, 5.41) is 6.87. The molecular formula is C23H26N4S. The second-order valence-corrected chi connectivity index (χ2v) is 8.83. The number of benzene rings is 1. The maximum atomic E-state index is 5.13. The van der Waals surface area contributed by atoms with Crippen LogP contribution in [-0.4, -0.2) is 27.6 Å². The Kier molecular flexibility index (Phi) is 4.65. The first kappa shape index (κ1) is 17.8. The van der Waals surface area contributed by atoms with Gasteiger partial charge in [0.1, 0.15) is 5.52 Å². The second kappa shape index (κ2) is 7.30. The van der Waals surface area contributed by atoms with Gasteiger partial charge in [0, 0.05) is 11.9 Å². The Labute approximate surface area is 169 Å². The van der Waals surface area contributed by atoms with Crippen LogP contribution >= 0.6 is 11.3 Å². The number of aryl methyl sites for hydroxylation is 3. The molecule has 1 aliphatic rings. The van der Waals surface area contributed by atoms with Crippen LogP contribution in [0, 0.1) is 19.8 Å². The third-order valence-electron chi connectivity index (χ3n) is 6.04. The fourth-order valence-electron chi connectivity index (χ4n) is 4.46. The van der Waals surface area contributed by atoms with Gasteiger partial charge in [0.05, 0.1) is 21.6 Å². The van der Waals surface area contributed by atoms with E-state index >= 15 is 0 Å². The fraction of sp³-hybridized carbons (Fsp3) is 0.391. The summed E-state index contributed by atoms with van der Waals surface area (Å²) in [5.41, 5.74) is 5.68. The molecule has 5 rings (SSSR count). The van der Waals surface area contributed by atoms with E-state index in [1.807, 2.05) is 0 Å². The van der Waals surface area contributed by atoms with Gasteiger partial charge in [0.2, 0.25) is 0 Å². The smallest absolute Gasteiger partial charge is 0.151 e. The summed E-state index contributed by atoms with van der Waals surface area (Å²) in [6.07, 6.45) is 3.77. The molecule has 1 N–H and O–H groups in total. The van der Waals surface area contributed by atoms with Gasteiger partial charge >= 0.3 is 0 Å². The number of rotatable bonds is 4. The molecule has 0 unspecified atom stereocenters. The molecule has 0 atom stereocenters. The van der Waals surface area contributed by atoms with E-state index in [9.17, 15) is 0 Å². The highest BCUT2D eigenvalue weighted by Crippen LogP contribution is 2.35. The number of hydrogen-bond acceptors (Lipinski definition) is 4. The molecule has 0 bridgehead atoms. The summed E-state index contributed by atoms with van der Waals surface area (Å²) in [5.74, 6) is 1.91. The topological polar surface area (TPSA) is 42.7 Å². The van der Waals surface area contributed by atoms with Gasteiger partial charge in [-0.2, -0.15) is 0 Å². The van der Waals surface area contributed by atoms with Crippen molar-refractivity contribution in [3.05, 3.63) is 47.0 Å². The van der Waals surface area contributed by atoms with Gasteiger partial charge in [-0.3, -0.25) is 4.98 Å². The van der Waals surface area contributed by atoms with E-state index in [1.165, 1.54) is 40.6 Å². The summed E-state index contributed by atoms with van der Waals surface area (Å²) < 4.78 is 2.48. The lowest BCUT2D eigenvalue weighted by Gasteiger charge is -2.23. The Morgan fingerprint density at radius 1 is 1.11 bits per heavy atom. The Balaban J connectivity index is 1.70. The number of para-hydroxylation sites is 1. The first-order chi connectivity index (χ1) is 13.7. The molecule has 0 spiro atoms. The zero-order valence-corrected chi connectivity index (χ0v) is 17.4. The molecule has 4 aromatic rings. The molecule has 0 radical (unpaired) electrons. The van der Waals surface area contributed by atoms with E-state index in [1.54, 1.807) is 11.3 Å². The quantitative estimate of drug-likeness (QED) is 0.513. The SMILES string of the molecule is Cc1ccsc1-c1nc2c(C)nc3ccccc3c2n1CCC1CCNCC1. The first-order valence-corrected chi connectivity index (χ1v) is 11.1. The zero-order valence-electron chi connectivity index (χ0n) is 16.5.